The van der Waals surface area contributed by atoms with Crippen molar-refractivity contribution in [1.29, 1.82) is 0 Å². The fourth-order valence-electron chi connectivity index (χ4n) is 1.68. The molecule has 0 fully saturated rings. The van der Waals surface area contributed by atoms with Crippen LogP contribution in [0.2, 0.25) is 0 Å². The van der Waals surface area contributed by atoms with Gasteiger partial charge in [-0.3, -0.25) is 0 Å². The molecule has 0 aliphatic rings. The maximum Gasteiger partial charge on any atom is 0.315 e. The van der Waals surface area contributed by atoms with Gasteiger partial charge in [0.15, 0.2) is 0 Å². The molecule has 4 nitrogen and oxygen atoms in total. The average Bonchev–Trinajstić information content (AvgIpc) is 2.34. The summed E-state index contributed by atoms with van der Waals surface area (Å²) >= 11 is 0. The fraction of sp³-hybridized carbons (Fsp3) is 0.500. The second kappa shape index (κ2) is 7.71. The molecule has 0 saturated carbocycles. The van der Waals surface area contributed by atoms with E-state index >= 15 is 0 Å². The zero-order chi connectivity index (χ0) is 13.4. The van der Waals surface area contributed by atoms with Gasteiger partial charge in [0, 0.05) is 13.1 Å². The van der Waals surface area contributed by atoms with Gasteiger partial charge in [-0.2, -0.15) is 0 Å². The molecule has 0 heterocycles. The molecular formula is C14H22N2O2. The monoisotopic (exact) mass is 250 g/mol. The van der Waals surface area contributed by atoms with Gasteiger partial charge in [-0.05, 0) is 17.9 Å². The minimum Gasteiger partial charge on any atom is -0.391 e. The summed E-state index contributed by atoms with van der Waals surface area (Å²) in [5, 5.41) is 15.0. The third kappa shape index (κ3) is 6.25. The van der Waals surface area contributed by atoms with Gasteiger partial charge in [0.05, 0.1) is 6.10 Å². The predicted octanol–water partition coefficient (Wildman–Crippen LogP) is 1.89. The van der Waals surface area contributed by atoms with Crippen molar-refractivity contribution in [2.75, 3.05) is 6.54 Å². The van der Waals surface area contributed by atoms with Crippen LogP contribution in [0.1, 0.15) is 25.8 Å². The lowest BCUT2D eigenvalue weighted by Gasteiger charge is -2.14. The second-order valence-corrected chi connectivity index (χ2v) is 4.83. The first-order valence-electron chi connectivity index (χ1n) is 6.31. The Bertz CT molecular complexity index is 352. The van der Waals surface area contributed by atoms with Gasteiger partial charge in [0.2, 0.25) is 0 Å². The summed E-state index contributed by atoms with van der Waals surface area (Å²) in [5.74, 6) is 0.425. The van der Waals surface area contributed by atoms with E-state index in [0.29, 0.717) is 25.4 Å². The smallest absolute Gasteiger partial charge is 0.315 e. The van der Waals surface area contributed by atoms with Crippen molar-refractivity contribution >= 4 is 6.03 Å². The number of aliphatic hydroxyl groups excluding tert-OH is 1. The van der Waals surface area contributed by atoms with Crippen molar-refractivity contribution in [1.82, 2.24) is 10.6 Å². The zero-order valence-electron chi connectivity index (χ0n) is 11.0. The van der Waals surface area contributed by atoms with Crippen LogP contribution in [0, 0.1) is 5.92 Å². The Morgan fingerprint density at radius 1 is 1.22 bits per heavy atom. The number of benzene rings is 1. The highest BCUT2D eigenvalue weighted by Gasteiger charge is 2.08. The lowest BCUT2D eigenvalue weighted by atomic mass is 10.1. The van der Waals surface area contributed by atoms with Gasteiger partial charge >= 0.3 is 6.03 Å². The van der Waals surface area contributed by atoms with Gasteiger partial charge < -0.3 is 15.7 Å². The van der Waals surface area contributed by atoms with E-state index in [0.717, 1.165) is 5.56 Å². The summed E-state index contributed by atoms with van der Waals surface area (Å²) in [6, 6.07) is 9.46. The number of hydrogen-bond donors (Lipinski definition) is 3. The number of hydrogen-bond acceptors (Lipinski definition) is 2. The lowest BCUT2D eigenvalue weighted by molar-refractivity contribution is 0.147. The largest absolute Gasteiger partial charge is 0.391 e. The normalized spacial score (nSPS) is 12.2. The maximum atomic E-state index is 11.5. The highest BCUT2D eigenvalue weighted by molar-refractivity contribution is 5.73. The van der Waals surface area contributed by atoms with Crippen molar-refractivity contribution < 1.29 is 9.90 Å². The van der Waals surface area contributed by atoms with Crippen LogP contribution < -0.4 is 10.6 Å². The molecule has 0 aromatic heterocycles. The molecule has 1 aromatic rings. The standard InChI is InChI=1S/C14H22N2O2/c1-11(2)8-13(17)10-16-14(18)15-9-12-6-4-3-5-7-12/h3-7,11,13,17H,8-10H2,1-2H3,(H2,15,16,18). The maximum absolute atomic E-state index is 11.5. The van der Waals surface area contributed by atoms with E-state index in [9.17, 15) is 9.90 Å². The fourth-order valence-corrected chi connectivity index (χ4v) is 1.68. The van der Waals surface area contributed by atoms with Crippen LogP contribution in [0.3, 0.4) is 0 Å². The minimum absolute atomic E-state index is 0.248. The molecule has 0 aliphatic heterocycles. The lowest BCUT2D eigenvalue weighted by Crippen LogP contribution is -2.39. The van der Waals surface area contributed by atoms with Crippen LogP contribution in [-0.4, -0.2) is 23.8 Å². The van der Waals surface area contributed by atoms with Gasteiger partial charge in [0.25, 0.3) is 0 Å². The summed E-state index contributed by atoms with van der Waals surface area (Å²) in [6.45, 7) is 4.86. The van der Waals surface area contributed by atoms with E-state index in [1.807, 2.05) is 44.2 Å². The van der Waals surface area contributed by atoms with Crippen LogP contribution in [0.25, 0.3) is 0 Å². The minimum atomic E-state index is -0.479. The van der Waals surface area contributed by atoms with Gasteiger partial charge in [-0.15, -0.1) is 0 Å². The Morgan fingerprint density at radius 2 is 1.89 bits per heavy atom. The van der Waals surface area contributed by atoms with Crippen molar-refractivity contribution in [2.45, 2.75) is 32.9 Å². The summed E-state index contributed by atoms with van der Waals surface area (Å²) in [4.78, 5) is 11.5. The molecule has 4 heteroatoms. The van der Waals surface area contributed by atoms with Crippen LogP contribution in [-0.2, 0) is 6.54 Å². The summed E-state index contributed by atoms with van der Waals surface area (Å²) in [5.41, 5.74) is 1.05. The molecule has 3 N–H and O–H groups in total. The predicted molar refractivity (Wildman–Crippen MR) is 72.1 cm³/mol. The van der Waals surface area contributed by atoms with Crippen LogP contribution in [0.15, 0.2) is 30.3 Å². The third-order valence-corrected chi connectivity index (χ3v) is 2.54. The Balaban J connectivity index is 2.18. The summed E-state index contributed by atoms with van der Waals surface area (Å²) in [6.07, 6.45) is 0.214. The second-order valence-electron chi connectivity index (χ2n) is 4.83. The number of carbonyl (C=O) groups excluding carboxylic acids is 1. The molecule has 100 valence electrons. The van der Waals surface area contributed by atoms with Crippen LogP contribution in [0.5, 0.6) is 0 Å². The van der Waals surface area contributed by atoms with Gasteiger partial charge in [-0.1, -0.05) is 44.2 Å². The average molecular weight is 250 g/mol. The van der Waals surface area contributed by atoms with E-state index in [-0.39, 0.29) is 6.03 Å². The number of amides is 2. The van der Waals surface area contributed by atoms with E-state index in [4.69, 9.17) is 0 Å². The number of rotatable bonds is 6. The molecule has 0 radical (unpaired) electrons. The third-order valence-electron chi connectivity index (χ3n) is 2.54. The molecule has 0 saturated heterocycles. The van der Waals surface area contributed by atoms with E-state index in [1.54, 1.807) is 0 Å². The molecule has 18 heavy (non-hydrogen) atoms. The highest BCUT2D eigenvalue weighted by Crippen LogP contribution is 2.03. The van der Waals surface area contributed by atoms with Crippen molar-refractivity contribution in [2.24, 2.45) is 5.92 Å². The first-order chi connectivity index (χ1) is 8.58. The number of aliphatic hydroxyl groups is 1. The van der Waals surface area contributed by atoms with Crippen molar-refractivity contribution in [3.63, 3.8) is 0 Å². The Morgan fingerprint density at radius 3 is 2.50 bits per heavy atom. The summed E-state index contributed by atoms with van der Waals surface area (Å²) < 4.78 is 0. The summed E-state index contributed by atoms with van der Waals surface area (Å²) in [7, 11) is 0. The molecule has 1 rings (SSSR count). The number of carbonyl (C=O) groups is 1. The molecule has 2 amide bonds. The number of urea groups is 1. The zero-order valence-corrected chi connectivity index (χ0v) is 11.0. The Hall–Kier alpha value is -1.55. The van der Waals surface area contributed by atoms with Crippen molar-refractivity contribution in [3.8, 4) is 0 Å². The molecule has 0 aliphatic carbocycles. The molecular weight excluding hydrogens is 228 g/mol. The quantitative estimate of drug-likeness (QED) is 0.722. The van der Waals surface area contributed by atoms with Gasteiger partial charge in [-0.25, -0.2) is 4.79 Å². The molecule has 1 atom stereocenters. The van der Waals surface area contributed by atoms with E-state index < -0.39 is 6.10 Å². The Kier molecular flexibility index (Phi) is 6.22. The van der Waals surface area contributed by atoms with E-state index in [1.165, 1.54) is 0 Å². The van der Waals surface area contributed by atoms with Crippen LogP contribution in [0.4, 0.5) is 4.79 Å². The van der Waals surface area contributed by atoms with Gasteiger partial charge in [0.1, 0.15) is 0 Å². The first kappa shape index (κ1) is 14.5. The first-order valence-corrected chi connectivity index (χ1v) is 6.31. The Labute approximate surface area is 108 Å². The molecule has 0 spiro atoms. The van der Waals surface area contributed by atoms with Crippen LogP contribution >= 0.6 is 0 Å². The topological polar surface area (TPSA) is 61.4 Å². The molecule has 0 bridgehead atoms. The SMILES string of the molecule is CC(C)CC(O)CNC(=O)NCc1ccccc1. The van der Waals surface area contributed by atoms with Crippen molar-refractivity contribution in [3.05, 3.63) is 35.9 Å². The number of nitrogens with one attached hydrogen (secondary N) is 2. The van der Waals surface area contributed by atoms with E-state index in [2.05, 4.69) is 10.6 Å². The molecule has 1 unspecified atom stereocenters. The highest BCUT2D eigenvalue weighted by atomic mass is 16.3. The molecule has 1 aromatic carbocycles.